The van der Waals surface area contributed by atoms with Crippen LogP contribution in [-0.2, 0) is 4.79 Å². The zero-order valence-electron chi connectivity index (χ0n) is 18.9. The number of nitrogens with one attached hydrogen (secondary N) is 2. The minimum absolute atomic E-state index is 0.0675. The van der Waals surface area contributed by atoms with Crippen LogP contribution in [0.1, 0.15) is 15.9 Å². The third kappa shape index (κ3) is 6.16. The van der Waals surface area contributed by atoms with Crippen molar-refractivity contribution in [2.45, 2.75) is 0 Å². The van der Waals surface area contributed by atoms with Crippen LogP contribution in [0.2, 0.25) is 0 Å². The number of methoxy groups -OCH3 is 3. The molecule has 17 nitrogen and oxygen atoms in total. The van der Waals surface area contributed by atoms with Crippen molar-refractivity contribution in [1.82, 2.24) is 10.7 Å². The molecule has 0 atom stereocenters. The van der Waals surface area contributed by atoms with Gasteiger partial charge in [-0.05, 0) is 12.1 Å². The zero-order valence-corrected chi connectivity index (χ0v) is 18.9. The van der Waals surface area contributed by atoms with Crippen molar-refractivity contribution in [1.29, 1.82) is 0 Å². The van der Waals surface area contributed by atoms with E-state index in [0.29, 0.717) is 18.3 Å². The Balaban J connectivity index is 2.16. The number of carbonyl (C=O) groups excluding carboxylic acids is 2. The summed E-state index contributed by atoms with van der Waals surface area (Å²) in [5.41, 5.74) is -1.48. The molecule has 0 aliphatic heterocycles. The summed E-state index contributed by atoms with van der Waals surface area (Å²) in [5.74, 6) is -0.947. The van der Waals surface area contributed by atoms with Gasteiger partial charge in [0.1, 0.15) is 0 Å². The lowest BCUT2D eigenvalue weighted by molar-refractivity contribution is -0.403. The highest BCUT2D eigenvalue weighted by atomic mass is 16.6. The number of rotatable bonds is 11. The molecule has 0 spiro atoms. The monoisotopic (exact) mass is 506 g/mol. The van der Waals surface area contributed by atoms with Gasteiger partial charge in [0.15, 0.2) is 17.1 Å². The van der Waals surface area contributed by atoms with Crippen LogP contribution in [0.15, 0.2) is 29.4 Å². The summed E-state index contributed by atoms with van der Waals surface area (Å²) >= 11 is 0. The summed E-state index contributed by atoms with van der Waals surface area (Å²) in [7, 11) is 4.08. The van der Waals surface area contributed by atoms with Crippen LogP contribution >= 0.6 is 0 Å². The van der Waals surface area contributed by atoms with E-state index in [1.54, 1.807) is 0 Å². The number of carbonyl (C=O) groups is 2. The van der Waals surface area contributed by atoms with Crippen LogP contribution in [0.4, 0.5) is 17.1 Å². The third-order valence-electron chi connectivity index (χ3n) is 4.44. The SMILES string of the molecule is COc1cc(C(=O)NCC(=O)NN=Cc2c([N+](=O)[O-])cc([N+](=O)[O-])cc2[N+](=O)[O-])cc(OC)c1OC. The van der Waals surface area contributed by atoms with E-state index in [9.17, 15) is 39.9 Å². The molecule has 2 rings (SSSR count). The molecule has 2 amide bonds. The molecule has 17 heteroatoms. The van der Waals surface area contributed by atoms with Gasteiger partial charge in [0.05, 0.1) is 61.0 Å². The van der Waals surface area contributed by atoms with E-state index in [1.165, 1.54) is 33.5 Å². The number of ether oxygens (including phenoxy) is 3. The first kappa shape index (κ1) is 26.9. The average molecular weight is 506 g/mol. The molecule has 0 bridgehead atoms. The van der Waals surface area contributed by atoms with Gasteiger partial charge in [0, 0.05) is 5.56 Å². The maximum absolute atomic E-state index is 12.4. The molecule has 2 aromatic rings. The molecule has 2 N–H and O–H groups in total. The summed E-state index contributed by atoms with van der Waals surface area (Å²) in [6.07, 6.45) is 0.596. The number of nitrogens with zero attached hydrogens (tertiary/aromatic N) is 4. The third-order valence-corrected chi connectivity index (χ3v) is 4.44. The van der Waals surface area contributed by atoms with Crippen molar-refractivity contribution in [3.05, 3.63) is 65.7 Å². The van der Waals surface area contributed by atoms with Gasteiger partial charge >= 0.3 is 0 Å². The van der Waals surface area contributed by atoms with Gasteiger partial charge in [0.25, 0.3) is 28.9 Å². The Kier molecular flexibility index (Phi) is 8.73. The van der Waals surface area contributed by atoms with Crippen molar-refractivity contribution in [2.75, 3.05) is 27.9 Å². The number of hydrazone groups is 1. The van der Waals surface area contributed by atoms with Gasteiger partial charge < -0.3 is 19.5 Å². The summed E-state index contributed by atoms with van der Waals surface area (Å²) in [6, 6.07) is 3.74. The molecular formula is C19H18N6O11. The van der Waals surface area contributed by atoms with E-state index in [1.807, 2.05) is 5.43 Å². The highest BCUT2D eigenvalue weighted by molar-refractivity contribution is 5.98. The van der Waals surface area contributed by atoms with Crippen LogP contribution in [-0.4, -0.2) is 60.7 Å². The van der Waals surface area contributed by atoms with Crippen LogP contribution in [0.25, 0.3) is 0 Å². The maximum atomic E-state index is 12.4. The molecule has 0 saturated heterocycles. The van der Waals surface area contributed by atoms with E-state index in [4.69, 9.17) is 14.2 Å². The molecule has 0 aliphatic carbocycles. The molecule has 0 aliphatic rings. The molecule has 0 heterocycles. The lowest BCUT2D eigenvalue weighted by Crippen LogP contribution is -2.35. The minimum atomic E-state index is -1.07. The first-order valence-corrected chi connectivity index (χ1v) is 9.55. The quantitative estimate of drug-likeness (QED) is 0.251. The van der Waals surface area contributed by atoms with Gasteiger partial charge in [0.2, 0.25) is 5.75 Å². The lowest BCUT2D eigenvalue weighted by Gasteiger charge is -2.14. The van der Waals surface area contributed by atoms with Crippen molar-refractivity contribution in [3.8, 4) is 17.2 Å². The van der Waals surface area contributed by atoms with Gasteiger partial charge in [-0.2, -0.15) is 5.10 Å². The van der Waals surface area contributed by atoms with Crippen molar-refractivity contribution >= 4 is 35.1 Å². The summed E-state index contributed by atoms with van der Waals surface area (Å²) in [6.45, 7) is -0.600. The predicted octanol–water partition coefficient (Wildman–Crippen LogP) is 1.32. The molecule has 0 radical (unpaired) electrons. The Labute approximate surface area is 201 Å². The van der Waals surface area contributed by atoms with Crippen LogP contribution in [0.5, 0.6) is 17.2 Å². The van der Waals surface area contributed by atoms with Gasteiger partial charge in [-0.1, -0.05) is 0 Å². The highest BCUT2D eigenvalue weighted by Gasteiger charge is 2.29. The van der Waals surface area contributed by atoms with Gasteiger partial charge in [-0.3, -0.25) is 39.9 Å². The number of nitro groups is 3. The second-order valence-electron chi connectivity index (χ2n) is 6.56. The summed E-state index contributed by atoms with van der Waals surface area (Å²) in [4.78, 5) is 54.7. The largest absolute Gasteiger partial charge is 0.493 e. The Morgan fingerprint density at radius 1 is 0.889 bits per heavy atom. The van der Waals surface area contributed by atoms with Crippen LogP contribution < -0.4 is 25.0 Å². The first-order chi connectivity index (χ1) is 17.0. The fourth-order valence-electron chi connectivity index (χ4n) is 2.83. The molecule has 0 fully saturated rings. The number of benzene rings is 2. The normalized spacial score (nSPS) is 10.4. The van der Waals surface area contributed by atoms with Crippen molar-refractivity contribution < 1.29 is 38.6 Å². The van der Waals surface area contributed by atoms with Crippen LogP contribution in [0, 0.1) is 30.3 Å². The average Bonchev–Trinajstić information content (AvgIpc) is 2.85. The number of hydrogen-bond donors (Lipinski definition) is 2. The second kappa shape index (κ2) is 11.7. The van der Waals surface area contributed by atoms with Crippen molar-refractivity contribution in [2.24, 2.45) is 5.10 Å². The Morgan fingerprint density at radius 3 is 1.83 bits per heavy atom. The topological polar surface area (TPSA) is 228 Å². The van der Waals surface area contributed by atoms with Crippen LogP contribution in [0.3, 0.4) is 0 Å². The van der Waals surface area contributed by atoms with E-state index < -0.39 is 55.8 Å². The molecule has 0 unspecified atom stereocenters. The maximum Gasteiger partial charge on any atom is 0.292 e. The van der Waals surface area contributed by atoms with E-state index in [-0.39, 0.29) is 22.8 Å². The Hall–Kier alpha value is -5.35. The molecular weight excluding hydrogens is 488 g/mol. The smallest absolute Gasteiger partial charge is 0.292 e. The molecule has 36 heavy (non-hydrogen) atoms. The Bertz CT molecular complexity index is 1200. The Morgan fingerprint density at radius 2 is 1.42 bits per heavy atom. The summed E-state index contributed by atoms with van der Waals surface area (Å²) in [5, 5.41) is 39.1. The number of non-ortho nitro benzene ring substituents is 1. The molecule has 2 aromatic carbocycles. The minimum Gasteiger partial charge on any atom is -0.493 e. The second-order valence-corrected chi connectivity index (χ2v) is 6.56. The standard InChI is InChI=1S/C19H18N6O11/c1-34-15-4-10(5-16(35-2)18(15)36-3)19(27)20-9-17(26)22-21-8-12-13(24(30)31)6-11(23(28)29)7-14(12)25(32)33/h4-8H,9H2,1-3H3,(H,20,27)(H,22,26). The highest BCUT2D eigenvalue weighted by Crippen LogP contribution is 2.38. The van der Waals surface area contributed by atoms with E-state index >= 15 is 0 Å². The number of amides is 2. The number of hydrogen-bond acceptors (Lipinski definition) is 12. The van der Waals surface area contributed by atoms with Gasteiger partial charge in [-0.15, -0.1) is 0 Å². The van der Waals surface area contributed by atoms with E-state index in [0.717, 1.165) is 0 Å². The van der Waals surface area contributed by atoms with Gasteiger partial charge in [-0.25, -0.2) is 5.43 Å². The van der Waals surface area contributed by atoms with E-state index in [2.05, 4.69) is 10.4 Å². The first-order valence-electron chi connectivity index (χ1n) is 9.55. The number of nitro benzene ring substituents is 3. The molecule has 0 saturated carbocycles. The summed E-state index contributed by atoms with van der Waals surface area (Å²) < 4.78 is 15.5. The molecule has 0 aromatic heterocycles. The predicted molar refractivity (Wildman–Crippen MR) is 121 cm³/mol. The fraction of sp³-hybridized carbons (Fsp3) is 0.211. The zero-order chi connectivity index (χ0) is 27.0. The van der Waals surface area contributed by atoms with Crippen molar-refractivity contribution in [3.63, 3.8) is 0 Å². The lowest BCUT2D eigenvalue weighted by atomic mass is 10.1. The fourth-order valence-corrected chi connectivity index (χ4v) is 2.83. The molecule has 190 valence electrons.